The van der Waals surface area contributed by atoms with Crippen molar-refractivity contribution < 1.29 is 9.13 Å². The molecule has 0 bridgehead atoms. The number of amidine groups is 1. The van der Waals surface area contributed by atoms with E-state index in [4.69, 9.17) is 21.3 Å². The van der Waals surface area contributed by atoms with Crippen LogP contribution in [0.4, 0.5) is 10.1 Å². The third-order valence-corrected chi connectivity index (χ3v) is 4.59. The Morgan fingerprint density at radius 1 is 1.04 bits per heavy atom. The summed E-state index contributed by atoms with van der Waals surface area (Å²) >= 11 is 6.20. The number of benzene rings is 2. The molecular weight excluding hydrogens is 329 g/mol. The Bertz CT molecular complexity index is 816. The number of piperazine rings is 1. The monoisotopic (exact) mass is 345 g/mol. The van der Waals surface area contributed by atoms with Crippen molar-refractivity contribution in [1.82, 2.24) is 9.80 Å². The van der Waals surface area contributed by atoms with E-state index in [2.05, 4.69) is 16.8 Å². The number of likely N-dealkylation sites (N-methyl/N-ethyl adjacent to an activating group) is 1. The van der Waals surface area contributed by atoms with Gasteiger partial charge in [-0.15, -0.1) is 0 Å². The summed E-state index contributed by atoms with van der Waals surface area (Å²) in [5.41, 5.74) is 1.46. The Morgan fingerprint density at radius 3 is 2.62 bits per heavy atom. The highest BCUT2D eigenvalue weighted by molar-refractivity contribution is 6.31. The predicted octanol–water partition coefficient (Wildman–Crippen LogP) is 3.91. The van der Waals surface area contributed by atoms with Crippen molar-refractivity contribution in [3.05, 3.63) is 52.8 Å². The molecule has 0 N–H and O–H groups in total. The molecule has 124 valence electrons. The van der Waals surface area contributed by atoms with Gasteiger partial charge < -0.3 is 14.5 Å². The Labute approximate surface area is 145 Å². The van der Waals surface area contributed by atoms with Crippen molar-refractivity contribution >= 4 is 23.1 Å². The number of ether oxygens (including phenoxy) is 1. The van der Waals surface area contributed by atoms with Crippen LogP contribution >= 0.6 is 11.6 Å². The molecule has 0 unspecified atom stereocenters. The molecule has 0 spiro atoms. The second kappa shape index (κ2) is 6.07. The molecular formula is C18H17ClFN3O. The van der Waals surface area contributed by atoms with Crippen LogP contribution in [-0.2, 0) is 0 Å². The normalized spacial score (nSPS) is 17.5. The number of hydrogen-bond acceptors (Lipinski definition) is 4. The van der Waals surface area contributed by atoms with Gasteiger partial charge in [-0.25, -0.2) is 9.38 Å². The van der Waals surface area contributed by atoms with Crippen LogP contribution in [0.1, 0.15) is 5.56 Å². The van der Waals surface area contributed by atoms with Gasteiger partial charge in [-0.2, -0.15) is 0 Å². The van der Waals surface area contributed by atoms with Gasteiger partial charge in [0.25, 0.3) is 0 Å². The van der Waals surface area contributed by atoms with E-state index in [1.54, 1.807) is 12.1 Å². The van der Waals surface area contributed by atoms with E-state index in [1.807, 2.05) is 12.1 Å². The number of nitrogens with zero attached hydrogens (tertiary/aromatic N) is 3. The van der Waals surface area contributed by atoms with E-state index in [0.717, 1.165) is 37.6 Å². The summed E-state index contributed by atoms with van der Waals surface area (Å²) in [5.74, 6) is 1.54. The Balaban J connectivity index is 1.85. The molecule has 2 aromatic rings. The fourth-order valence-corrected chi connectivity index (χ4v) is 3.15. The van der Waals surface area contributed by atoms with Crippen LogP contribution < -0.4 is 4.74 Å². The van der Waals surface area contributed by atoms with Gasteiger partial charge in [0.1, 0.15) is 23.1 Å². The first-order chi connectivity index (χ1) is 11.6. The highest BCUT2D eigenvalue weighted by atomic mass is 35.5. The maximum atomic E-state index is 13.6. The minimum atomic E-state index is -0.345. The van der Waals surface area contributed by atoms with Crippen molar-refractivity contribution in [3.8, 4) is 11.5 Å². The lowest BCUT2D eigenvalue weighted by Gasteiger charge is -2.34. The SMILES string of the molecule is CN1CCN(C2=Nc3ccc(F)cc3Oc3ccc(Cl)cc32)CC1. The van der Waals surface area contributed by atoms with E-state index in [-0.39, 0.29) is 5.82 Å². The highest BCUT2D eigenvalue weighted by Gasteiger charge is 2.25. The zero-order valence-corrected chi connectivity index (χ0v) is 14.1. The molecule has 2 aliphatic rings. The second-order valence-electron chi connectivity index (χ2n) is 6.08. The van der Waals surface area contributed by atoms with Crippen molar-refractivity contribution in [1.29, 1.82) is 0 Å². The van der Waals surface area contributed by atoms with Crippen molar-refractivity contribution in [3.63, 3.8) is 0 Å². The van der Waals surface area contributed by atoms with E-state index in [9.17, 15) is 4.39 Å². The molecule has 1 saturated heterocycles. The van der Waals surface area contributed by atoms with Gasteiger partial charge in [0.2, 0.25) is 0 Å². The number of fused-ring (bicyclic) bond motifs is 2. The second-order valence-corrected chi connectivity index (χ2v) is 6.52. The zero-order valence-electron chi connectivity index (χ0n) is 13.3. The van der Waals surface area contributed by atoms with Gasteiger partial charge >= 0.3 is 0 Å². The van der Waals surface area contributed by atoms with E-state index in [1.165, 1.54) is 12.1 Å². The molecule has 2 aliphatic heterocycles. The van der Waals surface area contributed by atoms with Crippen LogP contribution in [-0.4, -0.2) is 48.9 Å². The molecule has 0 aliphatic carbocycles. The maximum absolute atomic E-state index is 13.6. The van der Waals surface area contributed by atoms with Crippen molar-refractivity contribution in [2.75, 3.05) is 33.2 Å². The van der Waals surface area contributed by atoms with Gasteiger partial charge in [0, 0.05) is 37.3 Å². The molecule has 2 heterocycles. The molecule has 2 aromatic carbocycles. The lowest BCUT2D eigenvalue weighted by atomic mass is 10.1. The highest BCUT2D eigenvalue weighted by Crippen LogP contribution is 2.39. The fourth-order valence-electron chi connectivity index (χ4n) is 2.98. The Kier molecular flexibility index (Phi) is 3.90. The maximum Gasteiger partial charge on any atom is 0.156 e. The van der Waals surface area contributed by atoms with Crippen LogP contribution in [0.25, 0.3) is 0 Å². The molecule has 4 rings (SSSR count). The van der Waals surface area contributed by atoms with Gasteiger partial charge in [-0.1, -0.05) is 11.6 Å². The lowest BCUT2D eigenvalue weighted by Crippen LogP contribution is -2.47. The van der Waals surface area contributed by atoms with Gasteiger partial charge in [-0.05, 0) is 37.4 Å². The molecule has 0 aromatic heterocycles. The third-order valence-electron chi connectivity index (χ3n) is 4.35. The Hall–Kier alpha value is -2.11. The van der Waals surface area contributed by atoms with Gasteiger partial charge in [0.15, 0.2) is 5.75 Å². The molecule has 0 atom stereocenters. The fraction of sp³-hybridized carbons (Fsp3) is 0.278. The largest absolute Gasteiger partial charge is 0.454 e. The minimum absolute atomic E-state index is 0.345. The molecule has 4 nitrogen and oxygen atoms in total. The van der Waals surface area contributed by atoms with E-state index >= 15 is 0 Å². The van der Waals surface area contributed by atoms with Crippen LogP contribution in [0.5, 0.6) is 11.5 Å². The number of aliphatic imine (C=N–C) groups is 1. The topological polar surface area (TPSA) is 28.1 Å². The average molecular weight is 346 g/mol. The summed E-state index contributed by atoms with van der Waals surface area (Å²) in [6.07, 6.45) is 0. The predicted molar refractivity (Wildman–Crippen MR) is 93.2 cm³/mol. The van der Waals surface area contributed by atoms with E-state index < -0.39 is 0 Å². The van der Waals surface area contributed by atoms with Crippen LogP contribution in [0.2, 0.25) is 5.02 Å². The summed E-state index contributed by atoms with van der Waals surface area (Å²) in [6.45, 7) is 3.67. The summed E-state index contributed by atoms with van der Waals surface area (Å²) in [7, 11) is 2.11. The molecule has 24 heavy (non-hydrogen) atoms. The van der Waals surface area contributed by atoms with Gasteiger partial charge in [-0.3, -0.25) is 0 Å². The molecule has 0 saturated carbocycles. The third kappa shape index (κ3) is 2.85. The number of hydrogen-bond donors (Lipinski definition) is 0. The summed E-state index contributed by atoms with van der Waals surface area (Å²) in [6, 6.07) is 9.85. The molecule has 0 amide bonds. The first kappa shape index (κ1) is 15.4. The van der Waals surface area contributed by atoms with E-state index in [0.29, 0.717) is 22.2 Å². The summed E-state index contributed by atoms with van der Waals surface area (Å²) in [5, 5.41) is 0.622. The first-order valence-electron chi connectivity index (χ1n) is 7.90. The summed E-state index contributed by atoms with van der Waals surface area (Å²) < 4.78 is 19.5. The Morgan fingerprint density at radius 2 is 1.83 bits per heavy atom. The lowest BCUT2D eigenvalue weighted by molar-refractivity contribution is 0.215. The summed E-state index contributed by atoms with van der Waals surface area (Å²) in [4.78, 5) is 9.30. The molecule has 0 radical (unpaired) electrons. The first-order valence-corrected chi connectivity index (χ1v) is 8.27. The number of halogens is 2. The average Bonchev–Trinajstić information content (AvgIpc) is 2.72. The van der Waals surface area contributed by atoms with Crippen LogP contribution in [0, 0.1) is 5.82 Å². The quantitative estimate of drug-likeness (QED) is 0.724. The number of rotatable bonds is 0. The smallest absolute Gasteiger partial charge is 0.156 e. The zero-order chi connectivity index (χ0) is 16.7. The minimum Gasteiger partial charge on any atom is -0.454 e. The van der Waals surface area contributed by atoms with Gasteiger partial charge in [0.05, 0.1) is 5.56 Å². The van der Waals surface area contributed by atoms with Crippen LogP contribution in [0.3, 0.4) is 0 Å². The van der Waals surface area contributed by atoms with Crippen molar-refractivity contribution in [2.45, 2.75) is 0 Å². The molecule has 1 fully saturated rings. The van der Waals surface area contributed by atoms with Crippen molar-refractivity contribution in [2.24, 2.45) is 4.99 Å². The standard InChI is InChI=1S/C18H17ClFN3O/c1-22-6-8-23(9-7-22)18-14-10-12(19)2-5-16(14)24-17-11-13(20)3-4-15(17)21-18/h2-5,10-11H,6-9H2,1H3. The van der Waals surface area contributed by atoms with Crippen LogP contribution in [0.15, 0.2) is 41.4 Å². The molecule has 6 heteroatoms.